The lowest BCUT2D eigenvalue weighted by molar-refractivity contribution is 0.305. The van der Waals surface area contributed by atoms with Crippen LogP contribution in [0.1, 0.15) is 16.7 Å². The number of nitriles is 1. The molecule has 0 bridgehead atoms. The zero-order valence-corrected chi connectivity index (χ0v) is 10.4. The highest BCUT2D eigenvalue weighted by molar-refractivity contribution is 5.30. The van der Waals surface area contributed by atoms with Gasteiger partial charge in [-0.05, 0) is 30.2 Å². The van der Waals surface area contributed by atoms with Gasteiger partial charge in [-0.15, -0.1) is 0 Å². The summed E-state index contributed by atoms with van der Waals surface area (Å²) in [5, 5.41) is 8.77. The topological polar surface area (TPSA) is 33.0 Å². The Balaban J connectivity index is 2.06. The molecule has 0 amide bonds. The van der Waals surface area contributed by atoms with E-state index in [0.717, 1.165) is 16.9 Å². The lowest BCUT2D eigenvalue weighted by Crippen LogP contribution is -1.99. The quantitative estimate of drug-likeness (QED) is 0.813. The summed E-state index contributed by atoms with van der Waals surface area (Å²) >= 11 is 0. The van der Waals surface area contributed by atoms with Crippen LogP contribution in [0.2, 0.25) is 0 Å². The summed E-state index contributed by atoms with van der Waals surface area (Å²) in [6.45, 7) is 2.55. The molecule has 2 nitrogen and oxygen atoms in total. The molecule has 2 aromatic carbocycles. The maximum absolute atomic E-state index is 8.77. The zero-order chi connectivity index (χ0) is 12.8. The normalized spacial score (nSPS) is 9.78. The fraction of sp³-hybridized carbons (Fsp3) is 0.188. The third-order valence-corrected chi connectivity index (χ3v) is 2.80. The Hall–Kier alpha value is -2.27. The highest BCUT2D eigenvalue weighted by Gasteiger charge is 2.02. The predicted octanol–water partition coefficient (Wildman–Crippen LogP) is 3.64. The van der Waals surface area contributed by atoms with E-state index in [-0.39, 0.29) is 0 Å². The molecule has 0 aliphatic rings. The van der Waals surface area contributed by atoms with E-state index in [1.807, 2.05) is 55.5 Å². The van der Waals surface area contributed by atoms with Crippen LogP contribution in [0.5, 0.6) is 5.75 Å². The first-order valence-electron chi connectivity index (χ1n) is 5.93. The Morgan fingerprint density at radius 2 is 1.67 bits per heavy atom. The molecule has 0 saturated heterocycles. The molecule has 0 aliphatic carbocycles. The Morgan fingerprint density at radius 3 is 2.33 bits per heavy atom. The van der Waals surface area contributed by atoms with Crippen molar-refractivity contribution in [3.05, 3.63) is 65.2 Å². The molecule has 0 radical (unpaired) electrons. The molecule has 0 saturated carbocycles. The molecule has 2 heteroatoms. The number of hydrogen-bond acceptors (Lipinski definition) is 2. The highest BCUT2D eigenvalue weighted by Crippen LogP contribution is 2.16. The third-order valence-electron chi connectivity index (χ3n) is 2.80. The van der Waals surface area contributed by atoms with E-state index < -0.39 is 0 Å². The van der Waals surface area contributed by atoms with Gasteiger partial charge in [-0.1, -0.05) is 42.0 Å². The molecule has 0 atom stereocenters. The largest absolute Gasteiger partial charge is 0.489 e. The predicted molar refractivity (Wildman–Crippen MR) is 71.3 cm³/mol. The van der Waals surface area contributed by atoms with E-state index in [9.17, 15) is 0 Å². The second-order valence-electron chi connectivity index (χ2n) is 4.21. The van der Waals surface area contributed by atoms with Crippen molar-refractivity contribution in [2.75, 3.05) is 0 Å². The molecule has 90 valence electrons. The van der Waals surface area contributed by atoms with Gasteiger partial charge in [0.2, 0.25) is 0 Å². The van der Waals surface area contributed by atoms with Crippen LogP contribution in [0.25, 0.3) is 0 Å². The first kappa shape index (κ1) is 12.2. The molecular formula is C16H15NO. The third kappa shape index (κ3) is 3.11. The highest BCUT2D eigenvalue weighted by atomic mass is 16.5. The van der Waals surface area contributed by atoms with Crippen LogP contribution in [-0.2, 0) is 13.0 Å². The van der Waals surface area contributed by atoms with E-state index in [4.69, 9.17) is 10.00 Å². The summed E-state index contributed by atoms with van der Waals surface area (Å²) in [6, 6.07) is 18.0. The molecule has 2 aromatic rings. The Kier molecular flexibility index (Phi) is 3.98. The maximum Gasteiger partial charge on any atom is 0.119 e. The van der Waals surface area contributed by atoms with Crippen LogP contribution in [0, 0.1) is 18.3 Å². The summed E-state index contributed by atoms with van der Waals surface area (Å²) < 4.78 is 5.72. The average Bonchev–Trinajstić information content (AvgIpc) is 2.40. The minimum absolute atomic E-state index is 0.424. The van der Waals surface area contributed by atoms with Crippen molar-refractivity contribution in [1.82, 2.24) is 0 Å². The van der Waals surface area contributed by atoms with Crippen LogP contribution in [0.15, 0.2) is 48.5 Å². The maximum atomic E-state index is 8.77. The second kappa shape index (κ2) is 5.88. The van der Waals surface area contributed by atoms with Crippen LogP contribution in [-0.4, -0.2) is 0 Å². The molecule has 0 aromatic heterocycles. The smallest absolute Gasteiger partial charge is 0.119 e. The summed E-state index contributed by atoms with van der Waals surface area (Å²) in [6.07, 6.45) is 0.424. The number of nitrogens with zero attached hydrogens (tertiary/aromatic N) is 1. The molecule has 0 aliphatic heterocycles. The molecule has 0 N–H and O–H groups in total. The van der Waals surface area contributed by atoms with Gasteiger partial charge in [-0.25, -0.2) is 0 Å². The van der Waals surface area contributed by atoms with Crippen LogP contribution >= 0.6 is 0 Å². The Morgan fingerprint density at radius 1 is 1.00 bits per heavy atom. The number of ether oxygens (including phenoxy) is 1. The van der Waals surface area contributed by atoms with Crippen molar-refractivity contribution in [2.24, 2.45) is 0 Å². The van der Waals surface area contributed by atoms with Gasteiger partial charge in [0.1, 0.15) is 12.4 Å². The fourth-order valence-corrected chi connectivity index (χ4v) is 1.75. The zero-order valence-electron chi connectivity index (χ0n) is 10.4. The summed E-state index contributed by atoms with van der Waals surface area (Å²) in [5.41, 5.74) is 3.32. The lowest BCUT2D eigenvalue weighted by Gasteiger charge is -2.09. The van der Waals surface area contributed by atoms with Gasteiger partial charge < -0.3 is 4.74 Å². The van der Waals surface area contributed by atoms with E-state index >= 15 is 0 Å². The lowest BCUT2D eigenvalue weighted by atomic mass is 10.1. The van der Waals surface area contributed by atoms with Gasteiger partial charge in [-0.3, -0.25) is 0 Å². The van der Waals surface area contributed by atoms with Crippen LogP contribution in [0.4, 0.5) is 0 Å². The van der Waals surface area contributed by atoms with E-state index in [0.29, 0.717) is 13.0 Å². The number of rotatable bonds is 4. The van der Waals surface area contributed by atoms with Crippen molar-refractivity contribution in [3.8, 4) is 11.8 Å². The van der Waals surface area contributed by atoms with E-state index in [1.54, 1.807) is 0 Å². The Bertz CT molecular complexity index is 552. The van der Waals surface area contributed by atoms with Crippen molar-refractivity contribution in [1.29, 1.82) is 5.26 Å². The number of benzene rings is 2. The first-order valence-corrected chi connectivity index (χ1v) is 5.93. The minimum Gasteiger partial charge on any atom is -0.489 e. The van der Waals surface area contributed by atoms with Crippen molar-refractivity contribution < 1.29 is 4.74 Å². The summed E-state index contributed by atoms with van der Waals surface area (Å²) in [7, 11) is 0. The fourth-order valence-electron chi connectivity index (χ4n) is 1.75. The van der Waals surface area contributed by atoms with Crippen LogP contribution < -0.4 is 4.74 Å². The molecule has 0 spiro atoms. The first-order chi connectivity index (χ1) is 8.79. The van der Waals surface area contributed by atoms with Gasteiger partial charge in [0.25, 0.3) is 0 Å². The summed E-state index contributed by atoms with van der Waals surface area (Å²) in [4.78, 5) is 0. The van der Waals surface area contributed by atoms with Crippen molar-refractivity contribution in [2.45, 2.75) is 20.0 Å². The molecular weight excluding hydrogens is 222 g/mol. The number of aryl methyl sites for hydroxylation is 1. The molecule has 2 rings (SSSR count). The van der Waals surface area contributed by atoms with Gasteiger partial charge in [0, 0.05) is 0 Å². The number of hydrogen-bond donors (Lipinski definition) is 0. The summed E-state index contributed by atoms with van der Waals surface area (Å²) in [5.74, 6) is 0.854. The van der Waals surface area contributed by atoms with Crippen LogP contribution in [0.3, 0.4) is 0 Å². The van der Waals surface area contributed by atoms with Gasteiger partial charge in [-0.2, -0.15) is 5.26 Å². The van der Waals surface area contributed by atoms with E-state index in [2.05, 4.69) is 6.07 Å². The standard InChI is InChI=1S/C16H15NO/c1-13-6-8-16(9-7-13)18-12-15-5-3-2-4-14(15)10-11-17/h2-9H,10,12H2,1H3. The van der Waals surface area contributed by atoms with Gasteiger partial charge in [0.15, 0.2) is 0 Å². The van der Waals surface area contributed by atoms with Crippen molar-refractivity contribution >= 4 is 0 Å². The molecule has 18 heavy (non-hydrogen) atoms. The Labute approximate surface area is 107 Å². The van der Waals surface area contributed by atoms with E-state index in [1.165, 1.54) is 5.56 Å². The monoisotopic (exact) mass is 237 g/mol. The SMILES string of the molecule is Cc1ccc(OCc2ccccc2CC#N)cc1. The molecule has 0 unspecified atom stereocenters. The second-order valence-corrected chi connectivity index (χ2v) is 4.21. The molecule has 0 fully saturated rings. The van der Waals surface area contributed by atoms with Gasteiger partial charge in [0.05, 0.1) is 12.5 Å². The minimum atomic E-state index is 0.424. The van der Waals surface area contributed by atoms with Gasteiger partial charge >= 0.3 is 0 Å². The van der Waals surface area contributed by atoms with Crippen molar-refractivity contribution in [3.63, 3.8) is 0 Å². The molecule has 0 heterocycles. The average molecular weight is 237 g/mol.